The van der Waals surface area contributed by atoms with Crippen LogP contribution in [-0.4, -0.2) is 39.7 Å². The summed E-state index contributed by atoms with van der Waals surface area (Å²) in [4.78, 5) is 27.9. The molecule has 1 aromatic carbocycles. The molecule has 0 aliphatic heterocycles. The van der Waals surface area contributed by atoms with E-state index < -0.39 is 0 Å². The molecule has 30 heavy (non-hydrogen) atoms. The first kappa shape index (κ1) is 21.0. The minimum Gasteiger partial charge on any atom is -0.354 e. The first-order valence-electron chi connectivity index (χ1n) is 9.83. The Bertz CT molecular complexity index is 1010. The second-order valence-corrected chi connectivity index (χ2v) is 7.02. The Morgan fingerprint density at radius 1 is 1.07 bits per heavy atom. The normalized spacial score (nSPS) is 11.0. The molecule has 0 aliphatic rings. The zero-order valence-corrected chi connectivity index (χ0v) is 17.1. The standard InChI is InChI=1S/C23H25N5O2/c1-17(2)23(30)26-14-13-25-21(29)11-10-19-16-28(20-8-4-3-5-9-20)27-22(19)18-7-6-12-24-15-18/h3-12,15-17H,13-14H2,1-2H3,(H,25,29)(H,26,30)/b11-10+. The summed E-state index contributed by atoms with van der Waals surface area (Å²) in [6.45, 7) is 4.40. The van der Waals surface area contributed by atoms with Gasteiger partial charge < -0.3 is 10.6 Å². The number of amides is 2. The third kappa shape index (κ3) is 5.64. The van der Waals surface area contributed by atoms with Crippen molar-refractivity contribution in [3.05, 3.63) is 72.7 Å². The number of rotatable bonds is 8. The van der Waals surface area contributed by atoms with Crippen molar-refractivity contribution >= 4 is 17.9 Å². The van der Waals surface area contributed by atoms with Gasteiger partial charge in [0.1, 0.15) is 5.69 Å². The summed E-state index contributed by atoms with van der Waals surface area (Å²) in [5.41, 5.74) is 3.33. The Kier molecular flexibility index (Phi) is 7.10. The van der Waals surface area contributed by atoms with Gasteiger partial charge in [-0.05, 0) is 30.3 Å². The van der Waals surface area contributed by atoms with Gasteiger partial charge in [-0.15, -0.1) is 0 Å². The summed E-state index contributed by atoms with van der Waals surface area (Å²) in [7, 11) is 0. The Labute approximate surface area is 175 Å². The number of hydrogen-bond acceptors (Lipinski definition) is 4. The highest BCUT2D eigenvalue weighted by molar-refractivity contribution is 5.92. The molecule has 2 amide bonds. The van der Waals surface area contributed by atoms with Gasteiger partial charge in [-0.25, -0.2) is 4.68 Å². The van der Waals surface area contributed by atoms with Crippen LogP contribution in [0.3, 0.4) is 0 Å². The lowest BCUT2D eigenvalue weighted by Crippen LogP contribution is -2.35. The van der Waals surface area contributed by atoms with E-state index in [1.54, 1.807) is 23.2 Å². The number of para-hydroxylation sites is 1. The van der Waals surface area contributed by atoms with Crippen LogP contribution in [0.4, 0.5) is 0 Å². The lowest BCUT2D eigenvalue weighted by molar-refractivity contribution is -0.124. The molecule has 7 heteroatoms. The minimum absolute atomic E-state index is 0.0331. The van der Waals surface area contributed by atoms with Gasteiger partial charge in [0.2, 0.25) is 11.8 Å². The Hall–Kier alpha value is -3.74. The van der Waals surface area contributed by atoms with Crippen LogP contribution in [-0.2, 0) is 9.59 Å². The number of nitrogens with zero attached hydrogens (tertiary/aromatic N) is 3. The molecule has 7 nitrogen and oxygen atoms in total. The van der Waals surface area contributed by atoms with Crippen LogP contribution < -0.4 is 10.6 Å². The predicted octanol–water partition coefficient (Wildman–Crippen LogP) is 2.84. The molecule has 154 valence electrons. The third-order valence-electron chi connectivity index (χ3n) is 4.36. The maximum Gasteiger partial charge on any atom is 0.244 e. The van der Waals surface area contributed by atoms with Gasteiger partial charge in [0.05, 0.1) is 5.69 Å². The molecule has 0 radical (unpaired) electrons. The first-order chi connectivity index (χ1) is 14.5. The van der Waals surface area contributed by atoms with Crippen LogP contribution in [0.2, 0.25) is 0 Å². The van der Waals surface area contributed by atoms with Crippen molar-refractivity contribution < 1.29 is 9.59 Å². The van der Waals surface area contributed by atoms with E-state index in [0.717, 1.165) is 22.5 Å². The first-order valence-corrected chi connectivity index (χ1v) is 9.83. The van der Waals surface area contributed by atoms with Crippen LogP contribution >= 0.6 is 0 Å². The molecule has 3 aromatic rings. The van der Waals surface area contributed by atoms with Crippen molar-refractivity contribution in [3.63, 3.8) is 0 Å². The molecule has 3 rings (SSSR count). The molecule has 0 unspecified atom stereocenters. The summed E-state index contributed by atoms with van der Waals surface area (Å²) in [5, 5.41) is 10.2. The average Bonchev–Trinajstić information content (AvgIpc) is 3.20. The number of aromatic nitrogens is 3. The van der Waals surface area contributed by atoms with Crippen LogP contribution in [0, 0.1) is 5.92 Å². The van der Waals surface area contributed by atoms with E-state index >= 15 is 0 Å². The molecule has 2 N–H and O–H groups in total. The molecule has 2 aromatic heterocycles. The molecule has 0 saturated carbocycles. The summed E-state index contributed by atoms with van der Waals surface area (Å²) in [6, 6.07) is 13.5. The summed E-state index contributed by atoms with van der Waals surface area (Å²) >= 11 is 0. The highest BCUT2D eigenvalue weighted by atomic mass is 16.2. The molecular formula is C23H25N5O2. The van der Waals surface area contributed by atoms with Crippen LogP contribution in [0.5, 0.6) is 0 Å². The van der Waals surface area contributed by atoms with Crippen molar-refractivity contribution in [1.82, 2.24) is 25.4 Å². The predicted molar refractivity (Wildman–Crippen MR) is 117 cm³/mol. The SMILES string of the molecule is CC(C)C(=O)NCCNC(=O)/C=C/c1cn(-c2ccccc2)nc1-c1cccnc1. The average molecular weight is 403 g/mol. The van der Waals surface area contributed by atoms with Crippen molar-refractivity contribution in [1.29, 1.82) is 0 Å². The van der Waals surface area contributed by atoms with E-state index in [1.807, 2.05) is 62.5 Å². The van der Waals surface area contributed by atoms with Crippen LogP contribution in [0.15, 0.2) is 67.1 Å². The summed E-state index contributed by atoms with van der Waals surface area (Å²) < 4.78 is 1.78. The Morgan fingerprint density at radius 3 is 2.53 bits per heavy atom. The lowest BCUT2D eigenvalue weighted by atomic mass is 10.1. The molecular weight excluding hydrogens is 378 g/mol. The fourth-order valence-corrected chi connectivity index (χ4v) is 2.75. The molecule has 2 heterocycles. The molecule has 0 bridgehead atoms. The number of hydrogen-bond donors (Lipinski definition) is 2. The van der Waals surface area contributed by atoms with Gasteiger partial charge in [0.15, 0.2) is 0 Å². The topological polar surface area (TPSA) is 88.9 Å². The highest BCUT2D eigenvalue weighted by Crippen LogP contribution is 2.24. The van der Waals surface area contributed by atoms with E-state index in [1.165, 1.54) is 6.08 Å². The summed E-state index contributed by atoms with van der Waals surface area (Å²) in [5.74, 6) is -0.347. The largest absolute Gasteiger partial charge is 0.354 e. The van der Waals surface area contributed by atoms with Gasteiger partial charge >= 0.3 is 0 Å². The fourth-order valence-electron chi connectivity index (χ4n) is 2.75. The third-order valence-corrected chi connectivity index (χ3v) is 4.36. The molecule has 0 fully saturated rings. The maximum absolute atomic E-state index is 12.2. The fraction of sp³-hybridized carbons (Fsp3) is 0.217. The van der Waals surface area contributed by atoms with Crippen LogP contribution in [0.25, 0.3) is 23.0 Å². The van der Waals surface area contributed by atoms with Crippen molar-refractivity contribution in [2.45, 2.75) is 13.8 Å². The van der Waals surface area contributed by atoms with Gasteiger partial charge in [-0.3, -0.25) is 14.6 Å². The van der Waals surface area contributed by atoms with E-state index in [2.05, 4.69) is 20.7 Å². The molecule has 0 spiro atoms. The van der Waals surface area contributed by atoms with E-state index in [4.69, 9.17) is 0 Å². The van der Waals surface area contributed by atoms with E-state index in [-0.39, 0.29) is 17.7 Å². The number of nitrogens with one attached hydrogen (secondary N) is 2. The molecule has 0 aliphatic carbocycles. The number of carbonyl (C=O) groups excluding carboxylic acids is 2. The number of carbonyl (C=O) groups is 2. The lowest BCUT2D eigenvalue weighted by Gasteiger charge is -2.07. The van der Waals surface area contributed by atoms with Crippen molar-refractivity contribution in [2.24, 2.45) is 5.92 Å². The van der Waals surface area contributed by atoms with Gasteiger partial charge in [-0.1, -0.05) is 32.0 Å². The van der Waals surface area contributed by atoms with Crippen LogP contribution in [0.1, 0.15) is 19.4 Å². The van der Waals surface area contributed by atoms with Gasteiger partial charge in [0.25, 0.3) is 0 Å². The van der Waals surface area contributed by atoms with E-state index in [9.17, 15) is 9.59 Å². The molecule has 0 saturated heterocycles. The Balaban J connectivity index is 1.72. The Morgan fingerprint density at radius 2 is 1.83 bits per heavy atom. The van der Waals surface area contributed by atoms with Gasteiger partial charge in [-0.2, -0.15) is 5.10 Å². The summed E-state index contributed by atoms with van der Waals surface area (Å²) in [6.07, 6.45) is 8.53. The zero-order valence-electron chi connectivity index (χ0n) is 17.1. The maximum atomic E-state index is 12.2. The smallest absolute Gasteiger partial charge is 0.244 e. The van der Waals surface area contributed by atoms with Crippen molar-refractivity contribution in [3.8, 4) is 16.9 Å². The number of benzene rings is 1. The van der Waals surface area contributed by atoms with Crippen molar-refractivity contribution in [2.75, 3.05) is 13.1 Å². The monoisotopic (exact) mass is 403 g/mol. The zero-order chi connectivity index (χ0) is 21.3. The number of pyridine rings is 1. The minimum atomic E-state index is -0.238. The second kappa shape index (κ2) is 10.2. The molecule has 0 atom stereocenters. The van der Waals surface area contributed by atoms with E-state index in [0.29, 0.717) is 13.1 Å². The highest BCUT2D eigenvalue weighted by Gasteiger charge is 2.11. The van der Waals surface area contributed by atoms with Gasteiger partial charge in [0, 0.05) is 54.8 Å². The second-order valence-electron chi connectivity index (χ2n) is 7.02. The quantitative estimate of drug-likeness (QED) is 0.447.